The van der Waals surface area contributed by atoms with Crippen molar-refractivity contribution in [3.63, 3.8) is 0 Å². The van der Waals surface area contributed by atoms with Crippen molar-refractivity contribution in [2.75, 3.05) is 54.1 Å². The van der Waals surface area contributed by atoms with Gasteiger partial charge in [-0.3, -0.25) is 9.69 Å². The molecule has 2 aliphatic rings. The van der Waals surface area contributed by atoms with Crippen LogP contribution in [0.2, 0.25) is 0 Å². The van der Waals surface area contributed by atoms with E-state index in [9.17, 15) is 4.79 Å². The Bertz CT molecular complexity index is 681. The molecule has 1 spiro atoms. The summed E-state index contributed by atoms with van der Waals surface area (Å²) in [7, 11) is 5.07. The van der Waals surface area contributed by atoms with Gasteiger partial charge < -0.3 is 19.1 Å². The zero-order chi connectivity index (χ0) is 20.7. The summed E-state index contributed by atoms with van der Waals surface area (Å²) in [6.45, 7) is 4.69. The third-order valence-corrected chi connectivity index (χ3v) is 6.68. The summed E-state index contributed by atoms with van der Waals surface area (Å²) >= 11 is 0. The predicted octanol–water partition coefficient (Wildman–Crippen LogP) is 3.13. The number of amides is 1. The lowest BCUT2D eigenvalue weighted by Gasteiger charge is -2.38. The third-order valence-electron chi connectivity index (χ3n) is 6.68. The van der Waals surface area contributed by atoms with E-state index in [1.165, 1.54) is 19.3 Å². The first-order valence-corrected chi connectivity index (χ1v) is 10.8. The van der Waals surface area contributed by atoms with Crippen molar-refractivity contribution in [3.05, 3.63) is 23.8 Å². The van der Waals surface area contributed by atoms with Gasteiger partial charge in [0.1, 0.15) is 11.5 Å². The standard InChI is InChI=1S/C23H36N2O4/c1-27-17-16-25-14-5-11-23(25)10-4-13-24(15-12-23)22(26)9-7-19-6-8-20(28-2)18-21(19)29-3/h6,8,18H,4-5,7,9-17H2,1-3H3/t23-/m1/s1. The summed E-state index contributed by atoms with van der Waals surface area (Å²) in [5.41, 5.74) is 1.32. The van der Waals surface area contributed by atoms with Crippen molar-refractivity contribution < 1.29 is 19.0 Å². The van der Waals surface area contributed by atoms with Gasteiger partial charge in [0.05, 0.1) is 20.8 Å². The largest absolute Gasteiger partial charge is 0.497 e. The molecule has 1 aromatic rings. The zero-order valence-corrected chi connectivity index (χ0v) is 18.2. The van der Waals surface area contributed by atoms with Crippen molar-refractivity contribution in [2.24, 2.45) is 0 Å². The number of methoxy groups -OCH3 is 3. The number of hydrogen-bond acceptors (Lipinski definition) is 5. The van der Waals surface area contributed by atoms with E-state index in [0.717, 1.165) is 62.7 Å². The molecule has 2 heterocycles. The molecule has 0 aliphatic carbocycles. The van der Waals surface area contributed by atoms with Crippen LogP contribution in [0.5, 0.6) is 11.5 Å². The average molecular weight is 405 g/mol. The fourth-order valence-electron chi connectivity index (χ4n) is 5.00. The minimum atomic E-state index is 0.251. The van der Waals surface area contributed by atoms with Crippen molar-refractivity contribution in [1.82, 2.24) is 9.80 Å². The number of ether oxygens (including phenoxy) is 3. The summed E-state index contributed by atoms with van der Waals surface area (Å²) < 4.78 is 16.0. The summed E-state index contributed by atoms with van der Waals surface area (Å²) in [6.07, 6.45) is 7.07. The molecule has 0 aromatic heterocycles. The van der Waals surface area contributed by atoms with Crippen LogP contribution in [-0.2, 0) is 16.0 Å². The van der Waals surface area contributed by atoms with Gasteiger partial charge in [0.15, 0.2) is 0 Å². The molecule has 3 rings (SSSR count). The van der Waals surface area contributed by atoms with Crippen LogP contribution in [0.1, 0.15) is 44.1 Å². The van der Waals surface area contributed by atoms with Crippen molar-refractivity contribution in [3.8, 4) is 11.5 Å². The molecule has 2 fully saturated rings. The Balaban J connectivity index is 1.56. The van der Waals surface area contributed by atoms with Crippen molar-refractivity contribution in [1.29, 1.82) is 0 Å². The maximum atomic E-state index is 12.9. The van der Waals surface area contributed by atoms with E-state index in [2.05, 4.69) is 9.80 Å². The molecular weight excluding hydrogens is 368 g/mol. The van der Waals surface area contributed by atoms with Gasteiger partial charge in [-0.25, -0.2) is 0 Å². The Morgan fingerprint density at radius 3 is 2.55 bits per heavy atom. The number of carbonyl (C=O) groups excluding carboxylic acids is 1. The topological polar surface area (TPSA) is 51.2 Å². The molecule has 1 atom stereocenters. The molecule has 0 N–H and O–H groups in total. The van der Waals surface area contributed by atoms with E-state index in [1.54, 1.807) is 21.3 Å². The number of aryl methyl sites for hydroxylation is 1. The van der Waals surface area contributed by atoms with Crippen LogP contribution in [0.3, 0.4) is 0 Å². The van der Waals surface area contributed by atoms with Crippen LogP contribution >= 0.6 is 0 Å². The predicted molar refractivity (Wildman–Crippen MR) is 114 cm³/mol. The number of hydrogen-bond donors (Lipinski definition) is 0. The molecular formula is C23H36N2O4. The van der Waals surface area contributed by atoms with Crippen LogP contribution in [0.15, 0.2) is 18.2 Å². The van der Waals surface area contributed by atoms with E-state index in [4.69, 9.17) is 14.2 Å². The van der Waals surface area contributed by atoms with Gasteiger partial charge in [0, 0.05) is 44.8 Å². The normalized spacial score (nSPS) is 22.7. The van der Waals surface area contributed by atoms with E-state index in [0.29, 0.717) is 12.8 Å². The fraction of sp³-hybridized carbons (Fsp3) is 0.696. The van der Waals surface area contributed by atoms with Gasteiger partial charge in [-0.2, -0.15) is 0 Å². The van der Waals surface area contributed by atoms with Gasteiger partial charge in [-0.15, -0.1) is 0 Å². The molecule has 6 heteroatoms. The quantitative estimate of drug-likeness (QED) is 0.666. The lowest BCUT2D eigenvalue weighted by Crippen LogP contribution is -2.46. The molecule has 0 saturated carbocycles. The number of nitrogens with zero attached hydrogens (tertiary/aromatic N) is 2. The Labute approximate surface area is 175 Å². The van der Waals surface area contributed by atoms with Gasteiger partial charge >= 0.3 is 0 Å². The number of likely N-dealkylation sites (tertiary alicyclic amines) is 2. The third kappa shape index (κ3) is 5.23. The lowest BCUT2D eigenvalue weighted by atomic mass is 9.88. The Morgan fingerprint density at radius 2 is 1.83 bits per heavy atom. The molecule has 6 nitrogen and oxygen atoms in total. The zero-order valence-electron chi connectivity index (χ0n) is 18.2. The first kappa shape index (κ1) is 21.9. The van der Waals surface area contributed by atoms with Gasteiger partial charge in [0.2, 0.25) is 5.91 Å². The van der Waals surface area contributed by atoms with Crippen LogP contribution in [0.25, 0.3) is 0 Å². The highest BCUT2D eigenvalue weighted by atomic mass is 16.5. The molecule has 1 aromatic carbocycles. The maximum Gasteiger partial charge on any atom is 0.222 e. The SMILES string of the molecule is COCCN1CCC[C@@]12CCCN(C(=O)CCc1ccc(OC)cc1OC)CC2. The highest BCUT2D eigenvalue weighted by Crippen LogP contribution is 2.38. The summed E-state index contributed by atoms with van der Waals surface area (Å²) in [5, 5.41) is 0. The summed E-state index contributed by atoms with van der Waals surface area (Å²) in [5.74, 6) is 1.80. The lowest BCUT2D eigenvalue weighted by molar-refractivity contribution is -0.131. The first-order chi connectivity index (χ1) is 14.1. The monoisotopic (exact) mass is 404 g/mol. The maximum absolute atomic E-state index is 12.9. The Hall–Kier alpha value is -1.79. The molecule has 2 aliphatic heterocycles. The smallest absolute Gasteiger partial charge is 0.222 e. The molecule has 0 radical (unpaired) electrons. The first-order valence-electron chi connectivity index (χ1n) is 10.8. The van der Waals surface area contributed by atoms with E-state index in [-0.39, 0.29) is 11.4 Å². The summed E-state index contributed by atoms with van der Waals surface area (Å²) in [6, 6.07) is 5.80. The number of benzene rings is 1. The minimum Gasteiger partial charge on any atom is -0.497 e. The second-order valence-electron chi connectivity index (χ2n) is 8.22. The van der Waals surface area contributed by atoms with E-state index < -0.39 is 0 Å². The van der Waals surface area contributed by atoms with Crippen LogP contribution < -0.4 is 9.47 Å². The highest BCUT2D eigenvalue weighted by molar-refractivity contribution is 5.76. The molecule has 1 amide bonds. The van der Waals surface area contributed by atoms with Crippen molar-refractivity contribution >= 4 is 5.91 Å². The molecule has 2 saturated heterocycles. The van der Waals surface area contributed by atoms with Gasteiger partial charge in [-0.1, -0.05) is 6.07 Å². The molecule has 0 bridgehead atoms. The highest BCUT2D eigenvalue weighted by Gasteiger charge is 2.41. The molecule has 0 unspecified atom stereocenters. The van der Waals surface area contributed by atoms with Crippen molar-refractivity contribution in [2.45, 2.75) is 50.5 Å². The average Bonchev–Trinajstić information content (AvgIpc) is 3.01. The second-order valence-corrected chi connectivity index (χ2v) is 8.22. The van der Waals surface area contributed by atoms with E-state index in [1.807, 2.05) is 18.2 Å². The number of rotatable bonds is 8. The fourth-order valence-corrected chi connectivity index (χ4v) is 5.00. The Kier molecular flexibility index (Phi) is 7.78. The number of carbonyl (C=O) groups is 1. The molecule has 29 heavy (non-hydrogen) atoms. The summed E-state index contributed by atoms with van der Waals surface area (Å²) in [4.78, 5) is 17.6. The van der Waals surface area contributed by atoms with Gasteiger partial charge in [0.25, 0.3) is 0 Å². The van der Waals surface area contributed by atoms with Crippen LogP contribution in [0.4, 0.5) is 0 Å². The second kappa shape index (κ2) is 10.3. The Morgan fingerprint density at radius 1 is 1.03 bits per heavy atom. The van der Waals surface area contributed by atoms with Gasteiger partial charge in [-0.05, 0) is 56.7 Å². The van der Waals surface area contributed by atoms with Crippen LogP contribution in [0, 0.1) is 0 Å². The van der Waals surface area contributed by atoms with Crippen LogP contribution in [-0.4, -0.2) is 75.4 Å². The van der Waals surface area contributed by atoms with E-state index >= 15 is 0 Å². The molecule has 162 valence electrons. The minimum absolute atomic E-state index is 0.251.